The Morgan fingerprint density at radius 1 is 1.48 bits per heavy atom. The Kier molecular flexibility index (Phi) is 4.55. The van der Waals surface area contributed by atoms with Crippen molar-refractivity contribution in [2.24, 2.45) is 10.9 Å². The van der Waals surface area contributed by atoms with Crippen molar-refractivity contribution in [3.8, 4) is 0 Å². The lowest BCUT2D eigenvalue weighted by Gasteiger charge is -2.33. The van der Waals surface area contributed by atoms with Crippen molar-refractivity contribution in [2.75, 3.05) is 18.2 Å². The van der Waals surface area contributed by atoms with Crippen LogP contribution in [0.15, 0.2) is 29.3 Å². The third kappa shape index (κ3) is 3.61. The van der Waals surface area contributed by atoms with Gasteiger partial charge in [-0.2, -0.15) is 0 Å². The molecule has 0 radical (unpaired) electrons. The average Bonchev–Trinajstić information content (AvgIpc) is 2.81. The van der Waals surface area contributed by atoms with Gasteiger partial charge in [-0.05, 0) is 36.5 Å². The summed E-state index contributed by atoms with van der Waals surface area (Å²) in [5.74, 6) is 1.95. The first kappa shape index (κ1) is 14.9. The molecule has 0 bridgehead atoms. The molecule has 1 fully saturated rings. The largest absolute Gasteiger partial charge is 0.380 e. The molecule has 3 rings (SSSR count). The molecule has 21 heavy (non-hydrogen) atoms. The summed E-state index contributed by atoms with van der Waals surface area (Å²) >= 11 is 1.87. The minimum absolute atomic E-state index is 0.203. The van der Waals surface area contributed by atoms with Gasteiger partial charge in [-0.3, -0.25) is 4.99 Å². The summed E-state index contributed by atoms with van der Waals surface area (Å²) in [6.45, 7) is 3.01. The molecule has 1 aliphatic carbocycles. The van der Waals surface area contributed by atoms with Crippen molar-refractivity contribution in [3.05, 3.63) is 29.8 Å². The zero-order valence-corrected chi connectivity index (χ0v) is 13.7. The summed E-state index contributed by atoms with van der Waals surface area (Å²) in [7, 11) is 1.73. The molecule has 0 saturated heterocycles. The van der Waals surface area contributed by atoms with E-state index in [4.69, 9.17) is 9.73 Å². The van der Waals surface area contributed by atoms with Crippen LogP contribution in [0.2, 0.25) is 0 Å². The Hall–Kier alpha value is -1.00. The van der Waals surface area contributed by atoms with Gasteiger partial charge < -0.3 is 10.1 Å². The Morgan fingerprint density at radius 3 is 3.19 bits per heavy atom. The minimum atomic E-state index is 0.203. The lowest BCUT2D eigenvalue weighted by Crippen LogP contribution is -2.33. The van der Waals surface area contributed by atoms with Crippen molar-refractivity contribution >= 4 is 22.6 Å². The van der Waals surface area contributed by atoms with E-state index >= 15 is 0 Å². The van der Waals surface area contributed by atoms with Gasteiger partial charge in [0.2, 0.25) is 0 Å². The first-order chi connectivity index (χ1) is 10.2. The number of ether oxygens (including phenoxy) is 1. The Bertz CT molecular complexity index is 531. The van der Waals surface area contributed by atoms with Crippen molar-refractivity contribution in [1.82, 2.24) is 0 Å². The van der Waals surface area contributed by atoms with E-state index in [9.17, 15) is 0 Å². The maximum atomic E-state index is 5.19. The standard InChI is InChI=1S/C17H24N2OS/c1-13-5-4-8-17(10-13)12-21-16(19-17)18-15-7-3-6-14(9-15)11-20-2/h3,6-7,9,13H,4-5,8,10-12H2,1-2H3,(H,18,19). The summed E-state index contributed by atoms with van der Waals surface area (Å²) in [4.78, 5) is 5.04. The molecule has 1 saturated carbocycles. The van der Waals surface area contributed by atoms with E-state index in [1.165, 1.54) is 31.2 Å². The van der Waals surface area contributed by atoms with Crippen LogP contribution in [-0.2, 0) is 11.3 Å². The van der Waals surface area contributed by atoms with Gasteiger partial charge in [0.15, 0.2) is 5.17 Å². The molecule has 1 N–H and O–H groups in total. The quantitative estimate of drug-likeness (QED) is 0.904. The molecule has 1 aromatic carbocycles. The molecule has 2 atom stereocenters. The maximum Gasteiger partial charge on any atom is 0.161 e. The third-order valence-corrected chi connectivity index (χ3v) is 5.52. The van der Waals surface area contributed by atoms with Gasteiger partial charge in [0, 0.05) is 18.6 Å². The van der Waals surface area contributed by atoms with Gasteiger partial charge in [0.25, 0.3) is 0 Å². The molecular formula is C17H24N2OS. The Labute approximate surface area is 131 Å². The van der Waals surface area contributed by atoms with Crippen LogP contribution in [-0.4, -0.2) is 23.6 Å². The molecule has 3 nitrogen and oxygen atoms in total. The lowest BCUT2D eigenvalue weighted by atomic mass is 9.78. The average molecular weight is 304 g/mol. The highest BCUT2D eigenvalue weighted by atomic mass is 32.2. The summed E-state index contributed by atoms with van der Waals surface area (Å²) in [5.41, 5.74) is 2.50. The van der Waals surface area contributed by atoms with E-state index in [0.717, 1.165) is 22.5 Å². The van der Waals surface area contributed by atoms with Crippen LogP contribution in [0.3, 0.4) is 0 Å². The molecule has 114 valence electrons. The summed E-state index contributed by atoms with van der Waals surface area (Å²) in [6, 6.07) is 8.38. The van der Waals surface area contributed by atoms with E-state index in [2.05, 4.69) is 36.5 Å². The van der Waals surface area contributed by atoms with Gasteiger partial charge in [-0.1, -0.05) is 43.7 Å². The Morgan fingerprint density at radius 2 is 2.38 bits per heavy atom. The van der Waals surface area contributed by atoms with E-state index < -0.39 is 0 Å². The van der Waals surface area contributed by atoms with Crippen molar-refractivity contribution < 1.29 is 4.74 Å². The molecule has 0 aromatic heterocycles. The predicted octanol–water partition coefficient (Wildman–Crippen LogP) is 4.30. The second-order valence-electron chi connectivity index (χ2n) is 6.39. The number of aliphatic imine (C=N–C) groups is 1. The number of hydrogen-bond acceptors (Lipinski definition) is 4. The summed E-state index contributed by atoms with van der Waals surface area (Å²) in [6.07, 6.45) is 5.18. The summed E-state index contributed by atoms with van der Waals surface area (Å²) < 4.78 is 5.19. The molecular weight excluding hydrogens is 280 g/mol. The molecule has 1 aliphatic heterocycles. The molecule has 0 amide bonds. The second kappa shape index (κ2) is 6.41. The van der Waals surface area contributed by atoms with Crippen LogP contribution in [0.1, 0.15) is 38.2 Å². The van der Waals surface area contributed by atoms with Crippen LogP contribution < -0.4 is 5.32 Å². The second-order valence-corrected chi connectivity index (χ2v) is 7.35. The highest BCUT2D eigenvalue weighted by molar-refractivity contribution is 8.14. The zero-order chi connectivity index (χ0) is 14.7. The molecule has 1 spiro atoms. The highest BCUT2D eigenvalue weighted by Gasteiger charge is 2.39. The number of hydrogen-bond donors (Lipinski definition) is 1. The molecule has 1 aromatic rings. The number of nitrogens with one attached hydrogen (secondary N) is 1. The van der Waals surface area contributed by atoms with Crippen molar-refractivity contribution in [3.63, 3.8) is 0 Å². The first-order valence-electron chi connectivity index (χ1n) is 7.77. The maximum absolute atomic E-state index is 5.19. The van der Waals surface area contributed by atoms with Gasteiger partial charge in [-0.25, -0.2) is 0 Å². The molecule has 1 heterocycles. The molecule has 2 aliphatic rings. The van der Waals surface area contributed by atoms with E-state index in [-0.39, 0.29) is 5.54 Å². The van der Waals surface area contributed by atoms with Crippen LogP contribution in [0.4, 0.5) is 5.69 Å². The first-order valence-corrected chi connectivity index (χ1v) is 8.75. The highest BCUT2D eigenvalue weighted by Crippen LogP contribution is 2.42. The van der Waals surface area contributed by atoms with Gasteiger partial charge in [-0.15, -0.1) is 0 Å². The van der Waals surface area contributed by atoms with Gasteiger partial charge >= 0.3 is 0 Å². The Balaban J connectivity index is 1.69. The fourth-order valence-corrected chi connectivity index (χ4v) is 4.62. The van der Waals surface area contributed by atoms with Gasteiger partial charge in [0.1, 0.15) is 0 Å². The van der Waals surface area contributed by atoms with E-state index in [1.807, 2.05) is 11.8 Å². The number of rotatable bonds is 3. The van der Waals surface area contributed by atoms with Crippen LogP contribution in [0.5, 0.6) is 0 Å². The van der Waals surface area contributed by atoms with Crippen molar-refractivity contribution in [1.29, 1.82) is 0 Å². The number of amidine groups is 1. The van der Waals surface area contributed by atoms with Gasteiger partial charge in [0.05, 0.1) is 12.1 Å². The molecule has 4 heteroatoms. The van der Waals surface area contributed by atoms with E-state index in [1.54, 1.807) is 7.11 Å². The predicted molar refractivity (Wildman–Crippen MR) is 91.0 cm³/mol. The topological polar surface area (TPSA) is 33.6 Å². The minimum Gasteiger partial charge on any atom is -0.380 e. The summed E-state index contributed by atoms with van der Waals surface area (Å²) in [5, 5.41) is 4.57. The third-order valence-electron chi connectivity index (χ3n) is 4.37. The van der Waals surface area contributed by atoms with Crippen LogP contribution >= 0.6 is 11.8 Å². The van der Waals surface area contributed by atoms with E-state index in [0.29, 0.717) is 6.61 Å². The number of thioether (sulfide) groups is 1. The fraction of sp³-hybridized carbons (Fsp3) is 0.588. The molecule has 2 unspecified atom stereocenters. The SMILES string of the molecule is COCc1cccc(NC2=NC3(CCCC(C)C3)CS2)c1. The number of anilines is 1. The zero-order valence-electron chi connectivity index (χ0n) is 12.9. The van der Waals surface area contributed by atoms with Crippen LogP contribution in [0.25, 0.3) is 0 Å². The lowest BCUT2D eigenvalue weighted by molar-refractivity contribution is 0.185. The van der Waals surface area contributed by atoms with Crippen molar-refractivity contribution in [2.45, 2.75) is 44.8 Å². The number of benzene rings is 1. The normalized spacial score (nSPS) is 28.7. The monoisotopic (exact) mass is 304 g/mol. The smallest absolute Gasteiger partial charge is 0.161 e. The number of nitrogens with zero attached hydrogens (tertiary/aromatic N) is 1. The van der Waals surface area contributed by atoms with Crippen LogP contribution in [0, 0.1) is 5.92 Å². The fourth-order valence-electron chi connectivity index (χ4n) is 3.44. The number of methoxy groups -OCH3 is 1.